The molecule has 2 N–H and O–H groups in total. The zero-order valence-corrected chi connectivity index (χ0v) is 13.9. The molecule has 1 fully saturated rings. The van der Waals surface area contributed by atoms with Gasteiger partial charge in [0.1, 0.15) is 0 Å². The third kappa shape index (κ3) is 5.27. The number of rotatable bonds is 7. The van der Waals surface area contributed by atoms with Crippen molar-refractivity contribution in [2.75, 3.05) is 26.2 Å². The minimum absolute atomic E-state index is 0.0130. The van der Waals surface area contributed by atoms with E-state index in [2.05, 4.69) is 16.7 Å². The second-order valence-electron chi connectivity index (χ2n) is 5.66. The molecule has 1 aliphatic rings. The standard InChI is InChI=1S/C17H25ClN2O2/c1-2-20-16(21)8-10-22-17(14-6-4-9-19-12-14)13-5-3-7-15(18)11-13/h3,5,7,11,14,17,19H,2,4,6,8-10,12H2,1H3,(H,20,21). The molecule has 5 heteroatoms. The fourth-order valence-corrected chi connectivity index (χ4v) is 3.09. The predicted molar refractivity (Wildman–Crippen MR) is 89.0 cm³/mol. The lowest BCUT2D eigenvalue weighted by Crippen LogP contribution is -2.34. The highest BCUT2D eigenvalue weighted by Gasteiger charge is 2.26. The van der Waals surface area contributed by atoms with Crippen molar-refractivity contribution in [2.45, 2.75) is 32.3 Å². The molecule has 0 aliphatic carbocycles. The summed E-state index contributed by atoms with van der Waals surface area (Å²) in [6.07, 6.45) is 2.67. The van der Waals surface area contributed by atoms with Gasteiger partial charge in [0.15, 0.2) is 0 Å². The van der Waals surface area contributed by atoms with Crippen LogP contribution in [0.15, 0.2) is 24.3 Å². The molecule has 0 spiro atoms. The first kappa shape index (κ1) is 17.3. The zero-order chi connectivity index (χ0) is 15.8. The Kier molecular flexibility index (Phi) is 7.16. The highest BCUT2D eigenvalue weighted by molar-refractivity contribution is 6.30. The molecule has 1 heterocycles. The minimum Gasteiger partial charge on any atom is -0.373 e. The van der Waals surface area contributed by atoms with Gasteiger partial charge in [-0.25, -0.2) is 0 Å². The maximum absolute atomic E-state index is 11.6. The number of carbonyl (C=O) groups excluding carboxylic acids is 1. The van der Waals surface area contributed by atoms with Crippen LogP contribution in [0.3, 0.4) is 0 Å². The lowest BCUT2D eigenvalue weighted by atomic mass is 9.89. The van der Waals surface area contributed by atoms with Crippen molar-refractivity contribution in [3.8, 4) is 0 Å². The van der Waals surface area contributed by atoms with Gasteiger partial charge in [0.2, 0.25) is 5.91 Å². The number of hydrogen-bond donors (Lipinski definition) is 2. The van der Waals surface area contributed by atoms with E-state index in [4.69, 9.17) is 16.3 Å². The van der Waals surface area contributed by atoms with Gasteiger partial charge in [-0.15, -0.1) is 0 Å². The van der Waals surface area contributed by atoms with Gasteiger partial charge in [-0.05, 0) is 44.0 Å². The number of halogens is 1. The average Bonchev–Trinajstić information content (AvgIpc) is 2.53. The number of hydrogen-bond acceptors (Lipinski definition) is 3. The van der Waals surface area contributed by atoms with Gasteiger partial charge in [0.25, 0.3) is 0 Å². The summed E-state index contributed by atoms with van der Waals surface area (Å²) in [5.74, 6) is 0.454. The SMILES string of the molecule is CCNC(=O)CCOC(c1cccc(Cl)c1)C1CCCNC1. The quantitative estimate of drug-likeness (QED) is 0.811. The highest BCUT2D eigenvalue weighted by atomic mass is 35.5. The number of amides is 1. The lowest BCUT2D eigenvalue weighted by Gasteiger charge is -2.31. The van der Waals surface area contributed by atoms with Gasteiger partial charge in [-0.3, -0.25) is 4.79 Å². The van der Waals surface area contributed by atoms with E-state index in [1.165, 1.54) is 0 Å². The summed E-state index contributed by atoms with van der Waals surface area (Å²) in [7, 11) is 0. The largest absolute Gasteiger partial charge is 0.373 e. The predicted octanol–water partition coefficient (Wildman–Crippen LogP) is 2.92. The van der Waals surface area contributed by atoms with E-state index < -0.39 is 0 Å². The van der Waals surface area contributed by atoms with Crippen LogP contribution in [-0.2, 0) is 9.53 Å². The van der Waals surface area contributed by atoms with Crippen LogP contribution in [0.25, 0.3) is 0 Å². The van der Waals surface area contributed by atoms with E-state index in [-0.39, 0.29) is 12.0 Å². The van der Waals surface area contributed by atoms with Crippen molar-refractivity contribution in [2.24, 2.45) is 5.92 Å². The maximum atomic E-state index is 11.6. The molecule has 2 atom stereocenters. The molecule has 0 saturated carbocycles. The number of benzene rings is 1. The summed E-state index contributed by atoms with van der Waals surface area (Å²) < 4.78 is 6.08. The average molecular weight is 325 g/mol. The Balaban J connectivity index is 2.00. The van der Waals surface area contributed by atoms with Crippen LogP contribution in [0.5, 0.6) is 0 Å². The van der Waals surface area contributed by atoms with Crippen LogP contribution in [0, 0.1) is 5.92 Å². The van der Waals surface area contributed by atoms with Gasteiger partial charge in [-0.1, -0.05) is 23.7 Å². The second kappa shape index (κ2) is 9.13. The molecule has 122 valence electrons. The summed E-state index contributed by atoms with van der Waals surface area (Å²) in [4.78, 5) is 11.6. The van der Waals surface area contributed by atoms with E-state index in [0.29, 0.717) is 25.5 Å². The summed E-state index contributed by atoms with van der Waals surface area (Å²) in [6, 6.07) is 7.84. The molecule has 0 bridgehead atoms. The molecular formula is C17H25ClN2O2. The molecule has 1 saturated heterocycles. The Morgan fingerprint density at radius 1 is 1.55 bits per heavy atom. The number of piperidine rings is 1. The number of carbonyl (C=O) groups is 1. The van der Waals surface area contributed by atoms with Gasteiger partial charge in [0, 0.05) is 30.5 Å². The van der Waals surface area contributed by atoms with Gasteiger partial charge >= 0.3 is 0 Å². The number of ether oxygens (including phenoxy) is 1. The minimum atomic E-state index is -0.0130. The Morgan fingerprint density at radius 2 is 2.41 bits per heavy atom. The van der Waals surface area contributed by atoms with Crippen LogP contribution < -0.4 is 10.6 Å². The van der Waals surface area contributed by atoms with Crippen LogP contribution >= 0.6 is 11.6 Å². The summed E-state index contributed by atoms with van der Waals surface area (Å²) in [5.41, 5.74) is 1.09. The molecular weight excluding hydrogens is 300 g/mol. The zero-order valence-electron chi connectivity index (χ0n) is 13.1. The van der Waals surface area contributed by atoms with Crippen LogP contribution in [0.4, 0.5) is 0 Å². The molecule has 2 rings (SSSR count). The van der Waals surface area contributed by atoms with Crippen LogP contribution in [0.1, 0.15) is 37.9 Å². The monoisotopic (exact) mass is 324 g/mol. The van der Waals surface area contributed by atoms with Gasteiger partial charge in [-0.2, -0.15) is 0 Å². The van der Waals surface area contributed by atoms with Crippen molar-refractivity contribution >= 4 is 17.5 Å². The van der Waals surface area contributed by atoms with Crippen molar-refractivity contribution in [1.82, 2.24) is 10.6 Å². The summed E-state index contributed by atoms with van der Waals surface area (Å²) in [6.45, 7) is 5.01. The van der Waals surface area contributed by atoms with Gasteiger partial charge < -0.3 is 15.4 Å². The first-order valence-electron chi connectivity index (χ1n) is 8.05. The molecule has 0 aromatic heterocycles. The van der Waals surface area contributed by atoms with Crippen molar-refractivity contribution in [1.29, 1.82) is 0 Å². The molecule has 1 aliphatic heterocycles. The van der Waals surface area contributed by atoms with Crippen molar-refractivity contribution in [3.05, 3.63) is 34.9 Å². The fourth-order valence-electron chi connectivity index (χ4n) is 2.89. The second-order valence-corrected chi connectivity index (χ2v) is 6.09. The van der Waals surface area contributed by atoms with E-state index >= 15 is 0 Å². The highest BCUT2D eigenvalue weighted by Crippen LogP contribution is 2.32. The molecule has 2 unspecified atom stereocenters. The van der Waals surface area contributed by atoms with Gasteiger partial charge in [0.05, 0.1) is 12.7 Å². The first-order valence-corrected chi connectivity index (χ1v) is 8.43. The topological polar surface area (TPSA) is 50.4 Å². The smallest absolute Gasteiger partial charge is 0.222 e. The van der Waals surface area contributed by atoms with E-state index in [1.807, 2.05) is 25.1 Å². The van der Waals surface area contributed by atoms with Crippen molar-refractivity contribution in [3.63, 3.8) is 0 Å². The molecule has 0 radical (unpaired) electrons. The normalized spacial score (nSPS) is 19.6. The van der Waals surface area contributed by atoms with E-state index in [0.717, 1.165) is 36.5 Å². The summed E-state index contributed by atoms with van der Waals surface area (Å²) >= 11 is 6.12. The molecule has 1 aromatic carbocycles. The van der Waals surface area contributed by atoms with Crippen LogP contribution in [0.2, 0.25) is 5.02 Å². The first-order chi connectivity index (χ1) is 10.7. The van der Waals surface area contributed by atoms with Crippen molar-refractivity contribution < 1.29 is 9.53 Å². The van der Waals surface area contributed by atoms with Crippen LogP contribution in [-0.4, -0.2) is 32.1 Å². The lowest BCUT2D eigenvalue weighted by molar-refractivity contribution is -0.123. The fraction of sp³-hybridized carbons (Fsp3) is 0.588. The Hall–Kier alpha value is -1.10. The van der Waals surface area contributed by atoms with E-state index in [9.17, 15) is 4.79 Å². The molecule has 4 nitrogen and oxygen atoms in total. The molecule has 1 aromatic rings. The number of nitrogens with one attached hydrogen (secondary N) is 2. The molecule has 22 heavy (non-hydrogen) atoms. The Bertz CT molecular complexity index is 475. The Labute approximate surface area is 137 Å². The maximum Gasteiger partial charge on any atom is 0.222 e. The van der Waals surface area contributed by atoms with E-state index in [1.54, 1.807) is 0 Å². The molecule has 1 amide bonds. The third-order valence-corrected chi connectivity index (χ3v) is 4.18. The third-order valence-electron chi connectivity index (χ3n) is 3.94. The summed E-state index contributed by atoms with van der Waals surface area (Å²) in [5, 5.41) is 6.94. The Morgan fingerprint density at radius 3 is 3.09 bits per heavy atom.